The van der Waals surface area contributed by atoms with E-state index >= 15 is 0 Å². The predicted octanol–water partition coefficient (Wildman–Crippen LogP) is 2.01. The second-order valence-corrected chi connectivity index (χ2v) is 4.41. The van der Waals surface area contributed by atoms with E-state index in [1.165, 1.54) is 16.8 Å². The summed E-state index contributed by atoms with van der Waals surface area (Å²) < 4.78 is 15.1. The minimum atomic E-state index is -0.560. The Bertz CT molecular complexity index is 648. The van der Waals surface area contributed by atoms with Gasteiger partial charge in [0.05, 0.1) is 16.9 Å². The van der Waals surface area contributed by atoms with Crippen LogP contribution < -0.4 is 11.1 Å². The van der Waals surface area contributed by atoms with E-state index in [9.17, 15) is 9.18 Å². The largest absolute Gasteiger partial charge is 0.394 e. The zero-order chi connectivity index (χ0) is 14.2. The molecule has 0 fully saturated rings. The standard InChI is InChI=1S/C13H15FN4O/c1-7-4-5-9(10(14)6-7)13(19)16-12-11(15)8(2)17-18(12)3/h4-6H,15H2,1-3H3,(H,16,19). The number of aromatic nitrogens is 2. The van der Waals surface area contributed by atoms with E-state index in [-0.39, 0.29) is 5.56 Å². The minimum Gasteiger partial charge on any atom is -0.394 e. The highest BCUT2D eigenvalue weighted by molar-refractivity contribution is 6.05. The molecule has 100 valence electrons. The number of nitrogens with two attached hydrogens (primary N) is 1. The van der Waals surface area contributed by atoms with Crippen LogP contribution in [0.4, 0.5) is 15.9 Å². The Morgan fingerprint density at radius 2 is 2.11 bits per heavy atom. The number of carbonyl (C=O) groups is 1. The van der Waals surface area contributed by atoms with E-state index in [1.54, 1.807) is 27.0 Å². The van der Waals surface area contributed by atoms with Crippen molar-refractivity contribution in [3.8, 4) is 0 Å². The van der Waals surface area contributed by atoms with Gasteiger partial charge in [-0.3, -0.25) is 9.48 Å². The Labute approximate surface area is 110 Å². The number of amides is 1. The summed E-state index contributed by atoms with van der Waals surface area (Å²) in [7, 11) is 1.66. The average Bonchev–Trinajstić information content (AvgIpc) is 2.56. The van der Waals surface area contributed by atoms with Gasteiger partial charge in [0.2, 0.25) is 0 Å². The summed E-state index contributed by atoms with van der Waals surface area (Å²) in [5.41, 5.74) is 7.52. The molecule has 0 spiro atoms. The maximum atomic E-state index is 13.7. The first-order valence-electron chi connectivity index (χ1n) is 5.76. The topological polar surface area (TPSA) is 72.9 Å². The van der Waals surface area contributed by atoms with Crippen molar-refractivity contribution >= 4 is 17.4 Å². The highest BCUT2D eigenvalue weighted by Crippen LogP contribution is 2.22. The van der Waals surface area contributed by atoms with E-state index in [4.69, 9.17) is 5.73 Å². The molecule has 3 N–H and O–H groups in total. The monoisotopic (exact) mass is 262 g/mol. The SMILES string of the molecule is Cc1ccc(C(=O)Nc2c(N)c(C)nn2C)c(F)c1. The van der Waals surface area contributed by atoms with E-state index in [2.05, 4.69) is 10.4 Å². The average molecular weight is 262 g/mol. The molecule has 1 amide bonds. The lowest BCUT2D eigenvalue weighted by molar-refractivity contribution is 0.102. The summed E-state index contributed by atoms with van der Waals surface area (Å²) in [5.74, 6) is -0.746. The molecule has 6 heteroatoms. The number of hydrogen-bond acceptors (Lipinski definition) is 3. The van der Waals surface area contributed by atoms with Crippen LogP contribution in [-0.2, 0) is 7.05 Å². The number of rotatable bonds is 2. The van der Waals surface area contributed by atoms with Crippen LogP contribution in [0.3, 0.4) is 0 Å². The molecule has 0 radical (unpaired) electrons. The molecule has 1 heterocycles. The number of anilines is 2. The zero-order valence-corrected chi connectivity index (χ0v) is 11.0. The summed E-state index contributed by atoms with van der Waals surface area (Å²) in [6, 6.07) is 4.43. The van der Waals surface area contributed by atoms with Gasteiger partial charge in [-0.2, -0.15) is 5.10 Å². The molecular formula is C13H15FN4O. The summed E-state index contributed by atoms with van der Waals surface area (Å²) in [6.07, 6.45) is 0. The molecule has 0 bridgehead atoms. The van der Waals surface area contributed by atoms with E-state index in [1.807, 2.05) is 0 Å². The minimum absolute atomic E-state index is 0.0242. The molecule has 1 aromatic heterocycles. The quantitative estimate of drug-likeness (QED) is 0.869. The molecule has 0 saturated heterocycles. The third-order valence-electron chi connectivity index (χ3n) is 2.87. The number of aryl methyl sites for hydroxylation is 3. The van der Waals surface area contributed by atoms with Crippen molar-refractivity contribution in [1.29, 1.82) is 0 Å². The molecule has 1 aromatic carbocycles. The van der Waals surface area contributed by atoms with Gasteiger partial charge in [0.1, 0.15) is 5.82 Å². The van der Waals surface area contributed by atoms with Gasteiger partial charge in [-0.1, -0.05) is 6.07 Å². The summed E-state index contributed by atoms with van der Waals surface area (Å²) in [5, 5.41) is 6.65. The van der Waals surface area contributed by atoms with Crippen LogP contribution >= 0.6 is 0 Å². The number of benzene rings is 1. The lowest BCUT2D eigenvalue weighted by atomic mass is 10.1. The van der Waals surface area contributed by atoms with Crippen molar-refractivity contribution in [2.75, 3.05) is 11.1 Å². The van der Waals surface area contributed by atoms with Crippen molar-refractivity contribution < 1.29 is 9.18 Å². The molecule has 2 rings (SSSR count). The third kappa shape index (κ3) is 2.42. The summed E-state index contributed by atoms with van der Waals surface area (Å²) >= 11 is 0. The molecular weight excluding hydrogens is 247 g/mol. The van der Waals surface area contributed by atoms with Crippen LogP contribution in [-0.4, -0.2) is 15.7 Å². The van der Waals surface area contributed by atoms with Gasteiger partial charge in [0.15, 0.2) is 5.82 Å². The van der Waals surface area contributed by atoms with Gasteiger partial charge >= 0.3 is 0 Å². The summed E-state index contributed by atoms with van der Waals surface area (Å²) in [6.45, 7) is 3.49. The molecule has 19 heavy (non-hydrogen) atoms. The number of nitrogens with one attached hydrogen (secondary N) is 1. The normalized spacial score (nSPS) is 10.5. The predicted molar refractivity (Wildman–Crippen MR) is 71.4 cm³/mol. The first-order chi connectivity index (χ1) is 8.90. The fourth-order valence-electron chi connectivity index (χ4n) is 1.80. The smallest absolute Gasteiger partial charge is 0.259 e. The second-order valence-electron chi connectivity index (χ2n) is 4.41. The van der Waals surface area contributed by atoms with Gasteiger partial charge in [0, 0.05) is 7.05 Å². The molecule has 0 unspecified atom stereocenters. The first-order valence-corrected chi connectivity index (χ1v) is 5.76. The van der Waals surface area contributed by atoms with E-state index in [0.29, 0.717) is 17.2 Å². The van der Waals surface area contributed by atoms with Crippen molar-refractivity contribution in [3.63, 3.8) is 0 Å². The Kier molecular flexibility index (Phi) is 3.25. The fraction of sp³-hybridized carbons (Fsp3) is 0.231. The van der Waals surface area contributed by atoms with Crippen molar-refractivity contribution in [2.24, 2.45) is 7.05 Å². The van der Waals surface area contributed by atoms with Crippen LogP contribution in [0.15, 0.2) is 18.2 Å². The Hall–Kier alpha value is -2.37. The van der Waals surface area contributed by atoms with Crippen LogP contribution in [0.2, 0.25) is 0 Å². The third-order valence-corrected chi connectivity index (χ3v) is 2.87. The highest BCUT2D eigenvalue weighted by atomic mass is 19.1. The highest BCUT2D eigenvalue weighted by Gasteiger charge is 2.16. The lowest BCUT2D eigenvalue weighted by Gasteiger charge is -2.07. The number of nitrogen functional groups attached to an aromatic ring is 1. The fourth-order valence-corrected chi connectivity index (χ4v) is 1.80. The summed E-state index contributed by atoms with van der Waals surface area (Å²) in [4.78, 5) is 12.0. The molecule has 2 aromatic rings. The lowest BCUT2D eigenvalue weighted by Crippen LogP contribution is -2.17. The molecule has 0 atom stereocenters. The Morgan fingerprint density at radius 1 is 1.42 bits per heavy atom. The van der Waals surface area contributed by atoms with Crippen molar-refractivity contribution in [3.05, 3.63) is 40.8 Å². The van der Waals surface area contributed by atoms with E-state index in [0.717, 1.165) is 5.56 Å². The number of halogens is 1. The van der Waals surface area contributed by atoms with Crippen LogP contribution in [0, 0.1) is 19.7 Å². The first kappa shape index (κ1) is 13.1. The second kappa shape index (κ2) is 4.72. The van der Waals surface area contributed by atoms with Crippen LogP contribution in [0.1, 0.15) is 21.6 Å². The van der Waals surface area contributed by atoms with Crippen molar-refractivity contribution in [2.45, 2.75) is 13.8 Å². The van der Waals surface area contributed by atoms with E-state index < -0.39 is 11.7 Å². The van der Waals surface area contributed by atoms with Crippen LogP contribution in [0.5, 0.6) is 0 Å². The number of carbonyl (C=O) groups excluding carboxylic acids is 1. The number of hydrogen-bond donors (Lipinski definition) is 2. The Morgan fingerprint density at radius 3 is 2.63 bits per heavy atom. The maximum Gasteiger partial charge on any atom is 0.259 e. The van der Waals surface area contributed by atoms with Gasteiger partial charge in [-0.25, -0.2) is 4.39 Å². The zero-order valence-electron chi connectivity index (χ0n) is 11.0. The van der Waals surface area contributed by atoms with Crippen LogP contribution in [0.25, 0.3) is 0 Å². The molecule has 0 aliphatic rings. The van der Waals surface area contributed by atoms with Gasteiger partial charge in [-0.15, -0.1) is 0 Å². The molecule has 0 saturated carbocycles. The number of nitrogens with zero attached hydrogens (tertiary/aromatic N) is 2. The Balaban J connectivity index is 2.31. The molecule has 5 nitrogen and oxygen atoms in total. The van der Waals surface area contributed by atoms with Crippen molar-refractivity contribution in [1.82, 2.24) is 9.78 Å². The van der Waals surface area contributed by atoms with Gasteiger partial charge < -0.3 is 11.1 Å². The van der Waals surface area contributed by atoms with Gasteiger partial charge in [-0.05, 0) is 31.5 Å². The van der Waals surface area contributed by atoms with Gasteiger partial charge in [0.25, 0.3) is 5.91 Å². The maximum absolute atomic E-state index is 13.7. The molecule has 0 aliphatic carbocycles. The molecule has 0 aliphatic heterocycles.